The summed E-state index contributed by atoms with van der Waals surface area (Å²) in [5.74, 6) is -0.00102. The maximum atomic E-state index is 11.8. The van der Waals surface area contributed by atoms with Gasteiger partial charge in [-0.15, -0.1) is 0 Å². The van der Waals surface area contributed by atoms with Crippen LogP contribution in [0, 0.1) is 0 Å². The third-order valence-corrected chi connectivity index (χ3v) is 2.76. The summed E-state index contributed by atoms with van der Waals surface area (Å²) in [5, 5.41) is 2.93. The molecule has 2 aromatic rings. The zero-order chi connectivity index (χ0) is 12.8. The molecule has 0 saturated heterocycles. The van der Waals surface area contributed by atoms with Gasteiger partial charge in [-0.05, 0) is 18.1 Å². The van der Waals surface area contributed by atoms with Gasteiger partial charge < -0.3 is 9.73 Å². The molecule has 1 aromatic carbocycles. The molecule has 1 N–H and O–H groups in total. The molecule has 0 radical (unpaired) electrons. The van der Waals surface area contributed by atoms with Crippen LogP contribution in [0.5, 0.6) is 0 Å². The molecule has 18 heavy (non-hydrogen) atoms. The second-order valence-electron chi connectivity index (χ2n) is 4.04. The second-order valence-corrected chi connectivity index (χ2v) is 4.04. The molecule has 0 bridgehead atoms. The lowest BCUT2D eigenvalue weighted by atomic mass is 10.1. The lowest BCUT2D eigenvalue weighted by Gasteiger charge is -2.08. The number of carbonyl (C=O) groups is 1. The van der Waals surface area contributed by atoms with Crippen molar-refractivity contribution in [2.45, 2.75) is 26.2 Å². The Hall–Kier alpha value is -2.10. The van der Waals surface area contributed by atoms with E-state index in [-0.39, 0.29) is 5.91 Å². The van der Waals surface area contributed by atoms with Crippen LogP contribution in [-0.4, -0.2) is 10.9 Å². The number of aryl methyl sites for hydroxylation is 2. The van der Waals surface area contributed by atoms with Gasteiger partial charge in [0.25, 0.3) is 0 Å². The largest absolute Gasteiger partial charge is 0.451 e. The molecule has 0 saturated carbocycles. The van der Waals surface area contributed by atoms with Crippen molar-refractivity contribution < 1.29 is 9.21 Å². The van der Waals surface area contributed by atoms with Crippen molar-refractivity contribution in [1.82, 2.24) is 4.98 Å². The Labute approximate surface area is 106 Å². The highest BCUT2D eigenvalue weighted by atomic mass is 16.3. The van der Waals surface area contributed by atoms with Crippen LogP contribution < -0.4 is 5.32 Å². The first kappa shape index (κ1) is 12.4. The molecule has 0 aliphatic rings. The Kier molecular flexibility index (Phi) is 4.12. The number of carbonyl (C=O) groups excluding carboxylic acids is 1. The summed E-state index contributed by atoms with van der Waals surface area (Å²) in [6.07, 6.45) is 4.84. The predicted molar refractivity (Wildman–Crippen MR) is 69.3 cm³/mol. The highest BCUT2D eigenvalue weighted by Crippen LogP contribution is 2.15. The van der Waals surface area contributed by atoms with Crippen LogP contribution in [0.1, 0.15) is 24.6 Å². The second kappa shape index (κ2) is 6.00. The zero-order valence-corrected chi connectivity index (χ0v) is 10.3. The summed E-state index contributed by atoms with van der Waals surface area (Å²) in [4.78, 5) is 15.8. The summed E-state index contributed by atoms with van der Waals surface area (Å²) in [5.41, 5.74) is 2.84. The van der Waals surface area contributed by atoms with Gasteiger partial charge >= 0.3 is 0 Å². The van der Waals surface area contributed by atoms with Crippen molar-refractivity contribution in [3.63, 3.8) is 0 Å². The van der Waals surface area contributed by atoms with E-state index in [0.29, 0.717) is 12.8 Å². The fourth-order valence-electron chi connectivity index (χ4n) is 1.77. The molecular weight excluding hydrogens is 228 g/mol. The number of hydrogen-bond donors (Lipinski definition) is 1. The van der Waals surface area contributed by atoms with Gasteiger partial charge in [-0.3, -0.25) is 4.79 Å². The molecule has 0 aliphatic heterocycles. The van der Waals surface area contributed by atoms with E-state index in [4.69, 9.17) is 4.42 Å². The predicted octanol–water partition coefficient (Wildman–Crippen LogP) is 2.81. The highest BCUT2D eigenvalue weighted by Gasteiger charge is 2.06. The zero-order valence-electron chi connectivity index (χ0n) is 10.3. The minimum Gasteiger partial charge on any atom is -0.451 e. The van der Waals surface area contributed by atoms with Gasteiger partial charge in [0.1, 0.15) is 6.26 Å². The number of hydrogen-bond acceptors (Lipinski definition) is 3. The minimum absolute atomic E-state index is 0.00102. The number of rotatable bonds is 5. The summed E-state index contributed by atoms with van der Waals surface area (Å²) < 4.78 is 4.86. The average molecular weight is 244 g/mol. The van der Waals surface area contributed by atoms with E-state index in [9.17, 15) is 4.79 Å². The van der Waals surface area contributed by atoms with Crippen LogP contribution >= 0.6 is 0 Å². The van der Waals surface area contributed by atoms with E-state index in [2.05, 4.69) is 17.2 Å². The smallest absolute Gasteiger partial charge is 0.224 e. The number of aromatic nitrogens is 1. The molecule has 0 aliphatic carbocycles. The van der Waals surface area contributed by atoms with E-state index >= 15 is 0 Å². The standard InChI is InChI=1S/C14H16N2O2/c1-2-11-5-3-4-6-13(11)16-14(17)8-7-12-9-18-10-15-12/h3-6,9-10H,2,7-8H2,1H3,(H,16,17). The maximum absolute atomic E-state index is 11.8. The molecule has 0 spiro atoms. The Morgan fingerprint density at radius 2 is 2.22 bits per heavy atom. The maximum Gasteiger partial charge on any atom is 0.224 e. The van der Waals surface area contributed by atoms with E-state index < -0.39 is 0 Å². The van der Waals surface area contributed by atoms with Crippen LogP contribution in [0.3, 0.4) is 0 Å². The van der Waals surface area contributed by atoms with E-state index in [1.165, 1.54) is 6.39 Å². The molecule has 94 valence electrons. The Balaban J connectivity index is 1.90. The van der Waals surface area contributed by atoms with Crippen molar-refractivity contribution in [3.05, 3.63) is 48.2 Å². The third kappa shape index (κ3) is 3.20. The Morgan fingerprint density at radius 1 is 1.39 bits per heavy atom. The van der Waals surface area contributed by atoms with Gasteiger partial charge in [0.2, 0.25) is 5.91 Å². The third-order valence-electron chi connectivity index (χ3n) is 2.76. The first-order valence-corrected chi connectivity index (χ1v) is 6.04. The first-order chi connectivity index (χ1) is 8.79. The van der Waals surface area contributed by atoms with E-state index in [1.54, 1.807) is 6.26 Å². The molecule has 1 heterocycles. The van der Waals surface area contributed by atoms with Gasteiger partial charge in [0, 0.05) is 18.5 Å². The molecule has 1 amide bonds. The van der Waals surface area contributed by atoms with Crippen molar-refractivity contribution in [2.75, 3.05) is 5.32 Å². The number of oxazole rings is 1. The van der Waals surface area contributed by atoms with Crippen molar-refractivity contribution in [1.29, 1.82) is 0 Å². The van der Waals surface area contributed by atoms with Crippen molar-refractivity contribution >= 4 is 11.6 Å². The fraction of sp³-hybridized carbons (Fsp3) is 0.286. The number of para-hydroxylation sites is 1. The van der Waals surface area contributed by atoms with E-state index in [0.717, 1.165) is 23.4 Å². The molecule has 0 unspecified atom stereocenters. The number of anilines is 1. The summed E-state index contributed by atoms with van der Waals surface area (Å²) >= 11 is 0. The summed E-state index contributed by atoms with van der Waals surface area (Å²) in [7, 11) is 0. The molecular formula is C14H16N2O2. The number of nitrogens with one attached hydrogen (secondary N) is 1. The molecule has 1 aromatic heterocycles. The number of benzene rings is 1. The number of nitrogens with zero attached hydrogens (tertiary/aromatic N) is 1. The van der Waals surface area contributed by atoms with Crippen LogP contribution in [0.2, 0.25) is 0 Å². The van der Waals surface area contributed by atoms with Gasteiger partial charge in [-0.25, -0.2) is 4.98 Å². The molecule has 0 atom stereocenters. The van der Waals surface area contributed by atoms with Crippen LogP contribution in [-0.2, 0) is 17.6 Å². The lowest BCUT2D eigenvalue weighted by molar-refractivity contribution is -0.116. The van der Waals surface area contributed by atoms with Crippen LogP contribution in [0.4, 0.5) is 5.69 Å². The quantitative estimate of drug-likeness (QED) is 0.879. The first-order valence-electron chi connectivity index (χ1n) is 6.04. The van der Waals surface area contributed by atoms with Crippen molar-refractivity contribution in [2.24, 2.45) is 0 Å². The Morgan fingerprint density at radius 3 is 2.94 bits per heavy atom. The SMILES string of the molecule is CCc1ccccc1NC(=O)CCc1cocn1. The van der Waals surface area contributed by atoms with Gasteiger partial charge in [0.05, 0.1) is 5.69 Å². The minimum atomic E-state index is -0.00102. The summed E-state index contributed by atoms with van der Waals surface area (Å²) in [6.45, 7) is 2.07. The highest BCUT2D eigenvalue weighted by molar-refractivity contribution is 5.91. The van der Waals surface area contributed by atoms with Crippen LogP contribution in [0.25, 0.3) is 0 Å². The normalized spacial score (nSPS) is 10.3. The topological polar surface area (TPSA) is 55.1 Å². The molecule has 4 heteroatoms. The fourth-order valence-corrected chi connectivity index (χ4v) is 1.77. The van der Waals surface area contributed by atoms with Gasteiger partial charge in [-0.2, -0.15) is 0 Å². The number of amides is 1. The summed E-state index contributed by atoms with van der Waals surface area (Å²) in [6, 6.07) is 7.84. The monoisotopic (exact) mass is 244 g/mol. The average Bonchev–Trinajstić information content (AvgIpc) is 2.90. The molecule has 0 fully saturated rings. The van der Waals surface area contributed by atoms with E-state index in [1.807, 2.05) is 24.3 Å². The Bertz CT molecular complexity index is 506. The van der Waals surface area contributed by atoms with Gasteiger partial charge in [-0.1, -0.05) is 25.1 Å². The van der Waals surface area contributed by atoms with Gasteiger partial charge in [0.15, 0.2) is 6.39 Å². The lowest BCUT2D eigenvalue weighted by Crippen LogP contribution is -2.13. The van der Waals surface area contributed by atoms with Crippen LogP contribution in [0.15, 0.2) is 41.3 Å². The van der Waals surface area contributed by atoms with Crippen molar-refractivity contribution in [3.8, 4) is 0 Å². The molecule has 2 rings (SSSR count). The molecule has 4 nitrogen and oxygen atoms in total.